The number of likely N-dealkylation sites (tertiary alicyclic amines) is 1. The molecule has 0 bridgehead atoms. The number of fused-ring (bicyclic) bond motifs is 1. The number of nitrogens with one attached hydrogen (secondary N) is 1. The van der Waals surface area contributed by atoms with Crippen LogP contribution in [0.4, 0.5) is 0 Å². The van der Waals surface area contributed by atoms with Crippen LogP contribution in [0, 0.1) is 0 Å². The van der Waals surface area contributed by atoms with Crippen LogP contribution in [0.2, 0.25) is 0 Å². The van der Waals surface area contributed by atoms with Crippen molar-refractivity contribution in [2.75, 3.05) is 6.54 Å². The summed E-state index contributed by atoms with van der Waals surface area (Å²) in [5.74, 6) is 0.787. The molecule has 5 rings (SSSR count). The minimum Gasteiger partial charge on any atom is -0.340 e. The van der Waals surface area contributed by atoms with Crippen LogP contribution in [-0.2, 0) is 0 Å². The van der Waals surface area contributed by atoms with Crippen molar-refractivity contribution in [2.45, 2.75) is 18.9 Å². The number of halogens is 1. The van der Waals surface area contributed by atoms with Crippen LogP contribution < -0.4 is 0 Å². The van der Waals surface area contributed by atoms with Crippen molar-refractivity contribution in [2.24, 2.45) is 0 Å². The number of amides is 1. The number of para-hydroxylation sites is 2. The van der Waals surface area contributed by atoms with Crippen LogP contribution in [-0.4, -0.2) is 37.1 Å². The molecule has 3 heterocycles. The van der Waals surface area contributed by atoms with Crippen LogP contribution in [0.5, 0.6) is 0 Å². The monoisotopic (exact) mass is 435 g/mol. The van der Waals surface area contributed by atoms with E-state index in [9.17, 15) is 4.79 Å². The molecule has 0 saturated carbocycles. The first-order valence-corrected chi connectivity index (χ1v) is 10.1. The van der Waals surface area contributed by atoms with Crippen LogP contribution in [0.15, 0.2) is 65.3 Å². The summed E-state index contributed by atoms with van der Waals surface area (Å²) in [5.41, 5.74) is 3.28. The molecular weight excluding hydrogens is 418 g/mol. The van der Waals surface area contributed by atoms with Crippen LogP contribution in [0.1, 0.15) is 35.2 Å². The molecule has 6 nitrogen and oxygen atoms in total. The molecule has 0 radical (unpaired) electrons. The molecule has 140 valence electrons. The average Bonchev–Trinajstić information content (AvgIpc) is 3.45. The molecule has 1 atom stereocenters. The fourth-order valence-corrected chi connectivity index (χ4v) is 4.16. The van der Waals surface area contributed by atoms with E-state index in [1.54, 1.807) is 10.7 Å². The maximum absolute atomic E-state index is 13.2. The Kier molecular flexibility index (Phi) is 4.24. The largest absolute Gasteiger partial charge is 0.340 e. The number of carbonyl (C=O) groups is 1. The van der Waals surface area contributed by atoms with Gasteiger partial charge in [-0.15, -0.1) is 0 Å². The Bertz CT molecular complexity index is 1130. The fraction of sp³-hybridized carbons (Fsp3) is 0.190. The molecule has 28 heavy (non-hydrogen) atoms. The highest BCUT2D eigenvalue weighted by molar-refractivity contribution is 9.10. The normalized spacial score (nSPS) is 16.8. The van der Waals surface area contributed by atoms with Crippen molar-refractivity contribution in [3.63, 3.8) is 0 Å². The Morgan fingerprint density at radius 3 is 2.89 bits per heavy atom. The highest BCUT2D eigenvalue weighted by Gasteiger charge is 2.33. The van der Waals surface area contributed by atoms with Gasteiger partial charge in [-0.25, -0.2) is 9.67 Å². The van der Waals surface area contributed by atoms with E-state index < -0.39 is 0 Å². The van der Waals surface area contributed by atoms with Crippen molar-refractivity contribution in [1.29, 1.82) is 0 Å². The number of carbonyl (C=O) groups excluding carboxylic acids is 1. The van der Waals surface area contributed by atoms with Crippen LogP contribution in [0.25, 0.3) is 16.7 Å². The van der Waals surface area contributed by atoms with E-state index in [-0.39, 0.29) is 11.9 Å². The lowest BCUT2D eigenvalue weighted by Crippen LogP contribution is -2.31. The minimum absolute atomic E-state index is 0.0454. The molecule has 0 aliphatic carbocycles. The van der Waals surface area contributed by atoms with Crippen molar-refractivity contribution >= 4 is 32.9 Å². The summed E-state index contributed by atoms with van der Waals surface area (Å²) in [6.45, 7) is 0.713. The van der Waals surface area contributed by atoms with Crippen LogP contribution >= 0.6 is 15.9 Å². The van der Waals surface area contributed by atoms with Gasteiger partial charge in [0, 0.05) is 17.2 Å². The number of aromatic nitrogens is 4. The zero-order valence-electron chi connectivity index (χ0n) is 15.0. The van der Waals surface area contributed by atoms with Crippen LogP contribution in [0.3, 0.4) is 0 Å². The summed E-state index contributed by atoms with van der Waals surface area (Å²) in [4.78, 5) is 23.1. The predicted molar refractivity (Wildman–Crippen MR) is 110 cm³/mol. The Hall–Kier alpha value is -2.93. The van der Waals surface area contributed by atoms with E-state index in [1.807, 2.05) is 59.6 Å². The molecule has 4 aromatic rings. The number of H-pyrrole nitrogens is 1. The summed E-state index contributed by atoms with van der Waals surface area (Å²) >= 11 is 3.47. The first-order valence-electron chi connectivity index (χ1n) is 9.26. The number of imidazole rings is 1. The molecule has 1 fully saturated rings. The molecule has 2 aromatic heterocycles. The average molecular weight is 436 g/mol. The van der Waals surface area contributed by atoms with Gasteiger partial charge < -0.3 is 9.88 Å². The SMILES string of the molecule is O=C(c1ccn(-c2cccc(Br)c2)n1)N1CCCC1c1nc2ccccc2[nH]1. The second-order valence-electron chi connectivity index (χ2n) is 6.92. The number of aromatic amines is 1. The van der Waals surface area contributed by atoms with Crippen molar-refractivity contribution in [1.82, 2.24) is 24.6 Å². The van der Waals surface area contributed by atoms with Crippen molar-refractivity contribution in [3.8, 4) is 5.69 Å². The molecule has 0 spiro atoms. The lowest BCUT2D eigenvalue weighted by atomic mass is 10.2. The third kappa shape index (κ3) is 3.01. The molecule has 2 aromatic carbocycles. The lowest BCUT2D eigenvalue weighted by molar-refractivity contribution is 0.0724. The second kappa shape index (κ2) is 6.91. The van der Waals surface area contributed by atoms with E-state index in [1.165, 1.54) is 0 Å². The topological polar surface area (TPSA) is 66.8 Å². The first-order chi connectivity index (χ1) is 13.7. The smallest absolute Gasteiger partial charge is 0.274 e. The Morgan fingerprint density at radius 1 is 1.14 bits per heavy atom. The quantitative estimate of drug-likeness (QED) is 0.515. The van der Waals surface area contributed by atoms with Gasteiger partial charge in [0.15, 0.2) is 5.69 Å². The second-order valence-corrected chi connectivity index (χ2v) is 7.84. The van der Waals surface area contributed by atoms with Crippen molar-refractivity contribution in [3.05, 3.63) is 76.8 Å². The first kappa shape index (κ1) is 17.2. The maximum atomic E-state index is 13.2. The Labute approximate surface area is 170 Å². The predicted octanol–water partition coefficient (Wildman–Crippen LogP) is 4.49. The van der Waals surface area contributed by atoms with Gasteiger partial charge in [0.1, 0.15) is 5.82 Å². The summed E-state index contributed by atoms with van der Waals surface area (Å²) in [6.07, 6.45) is 3.68. The summed E-state index contributed by atoms with van der Waals surface area (Å²) in [6, 6.07) is 17.5. The van der Waals surface area contributed by atoms with Gasteiger partial charge in [0.25, 0.3) is 5.91 Å². The highest BCUT2D eigenvalue weighted by Crippen LogP contribution is 2.32. The van der Waals surface area contributed by atoms with Gasteiger partial charge in [-0.3, -0.25) is 4.79 Å². The van der Waals surface area contributed by atoms with Gasteiger partial charge in [-0.2, -0.15) is 5.10 Å². The van der Waals surface area contributed by atoms with Gasteiger partial charge >= 0.3 is 0 Å². The van der Waals surface area contributed by atoms with Gasteiger partial charge in [-0.1, -0.05) is 34.1 Å². The zero-order valence-corrected chi connectivity index (χ0v) is 16.6. The van der Waals surface area contributed by atoms with E-state index in [0.29, 0.717) is 12.2 Å². The number of rotatable bonds is 3. The minimum atomic E-state index is -0.0586. The maximum Gasteiger partial charge on any atom is 0.274 e. The third-order valence-corrected chi connectivity index (χ3v) is 5.61. The number of hydrogen-bond acceptors (Lipinski definition) is 3. The Morgan fingerprint density at radius 2 is 2.04 bits per heavy atom. The lowest BCUT2D eigenvalue weighted by Gasteiger charge is -2.22. The summed E-state index contributed by atoms with van der Waals surface area (Å²) < 4.78 is 2.70. The highest BCUT2D eigenvalue weighted by atomic mass is 79.9. The molecule has 1 N–H and O–H groups in total. The standard InChI is InChI=1S/C21H18BrN5O/c22-14-5-3-6-15(13-14)27-12-10-18(25-27)21(28)26-11-4-9-19(26)20-23-16-7-1-2-8-17(16)24-20/h1-3,5-8,10,12-13,19H,4,9,11H2,(H,23,24). The van der Waals surface area contributed by atoms with Crippen molar-refractivity contribution < 1.29 is 4.79 Å². The number of nitrogens with zero attached hydrogens (tertiary/aromatic N) is 4. The number of benzene rings is 2. The molecule has 7 heteroatoms. The number of hydrogen-bond donors (Lipinski definition) is 1. The van der Waals surface area contributed by atoms with E-state index in [0.717, 1.165) is 39.9 Å². The van der Waals surface area contributed by atoms with Gasteiger partial charge in [0.2, 0.25) is 0 Å². The van der Waals surface area contributed by atoms with E-state index >= 15 is 0 Å². The molecular formula is C21H18BrN5O. The molecule has 1 aliphatic rings. The Balaban J connectivity index is 1.43. The third-order valence-electron chi connectivity index (χ3n) is 5.12. The summed E-state index contributed by atoms with van der Waals surface area (Å²) in [5, 5.41) is 4.51. The molecule has 1 unspecified atom stereocenters. The van der Waals surface area contributed by atoms with E-state index in [2.05, 4.69) is 26.0 Å². The molecule has 1 amide bonds. The van der Waals surface area contributed by atoms with Gasteiger partial charge in [0.05, 0.1) is 22.8 Å². The zero-order chi connectivity index (χ0) is 19.1. The van der Waals surface area contributed by atoms with E-state index in [4.69, 9.17) is 4.98 Å². The fourth-order valence-electron chi connectivity index (χ4n) is 3.77. The molecule has 1 aliphatic heterocycles. The van der Waals surface area contributed by atoms with Gasteiger partial charge in [-0.05, 0) is 49.2 Å². The summed E-state index contributed by atoms with van der Waals surface area (Å²) in [7, 11) is 0. The molecule has 1 saturated heterocycles.